The third-order valence-electron chi connectivity index (χ3n) is 4.79. The van der Waals surface area contributed by atoms with Gasteiger partial charge in [0.05, 0.1) is 12.7 Å². The van der Waals surface area contributed by atoms with Crippen LogP contribution in [0.5, 0.6) is 5.75 Å². The van der Waals surface area contributed by atoms with E-state index >= 15 is 0 Å². The fourth-order valence-corrected chi connectivity index (χ4v) is 3.34. The van der Waals surface area contributed by atoms with Crippen LogP contribution in [0.15, 0.2) is 59.9 Å². The van der Waals surface area contributed by atoms with E-state index in [-0.39, 0.29) is 0 Å². The molecule has 1 fully saturated rings. The maximum Gasteiger partial charge on any atom is 0.191 e. The SMILES string of the molecule is CCNC(=NCCOc1cccnc1)NC1CCN(Cc2ccccc2)CC1. The van der Waals surface area contributed by atoms with Crippen LogP contribution in [-0.2, 0) is 6.54 Å². The predicted octanol–water partition coefficient (Wildman–Crippen LogP) is 2.68. The largest absolute Gasteiger partial charge is 0.490 e. The van der Waals surface area contributed by atoms with Gasteiger partial charge in [-0.15, -0.1) is 0 Å². The summed E-state index contributed by atoms with van der Waals surface area (Å²) in [5, 5.41) is 6.92. The molecule has 1 aliphatic heterocycles. The molecule has 150 valence electrons. The van der Waals surface area contributed by atoms with Crippen molar-refractivity contribution < 1.29 is 4.74 Å². The van der Waals surface area contributed by atoms with Gasteiger partial charge in [0.1, 0.15) is 12.4 Å². The van der Waals surface area contributed by atoms with E-state index in [1.54, 1.807) is 12.4 Å². The van der Waals surface area contributed by atoms with Gasteiger partial charge in [0.25, 0.3) is 0 Å². The second-order valence-electron chi connectivity index (χ2n) is 6.98. The van der Waals surface area contributed by atoms with Crippen LogP contribution in [-0.4, -0.2) is 54.7 Å². The van der Waals surface area contributed by atoms with E-state index in [0.717, 1.165) is 50.7 Å². The number of hydrogen-bond acceptors (Lipinski definition) is 4. The van der Waals surface area contributed by atoms with E-state index in [4.69, 9.17) is 4.74 Å². The zero-order valence-electron chi connectivity index (χ0n) is 16.7. The maximum absolute atomic E-state index is 5.66. The zero-order valence-corrected chi connectivity index (χ0v) is 16.7. The van der Waals surface area contributed by atoms with Crippen LogP contribution in [0.25, 0.3) is 0 Å². The summed E-state index contributed by atoms with van der Waals surface area (Å²) in [6.07, 6.45) is 5.71. The molecule has 1 aromatic carbocycles. The molecular weight excluding hydrogens is 350 g/mol. The van der Waals surface area contributed by atoms with Gasteiger partial charge in [-0.3, -0.25) is 9.88 Å². The topological polar surface area (TPSA) is 61.8 Å². The lowest BCUT2D eigenvalue weighted by Gasteiger charge is -2.33. The molecule has 0 amide bonds. The van der Waals surface area contributed by atoms with Crippen LogP contribution >= 0.6 is 0 Å². The zero-order chi connectivity index (χ0) is 19.4. The molecule has 28 heavy (non-hydrogen) atoms. The number of likely N-dealkylation sites (tertiary alicyclic amines) is 1. The van der Waals surface area contributed by atoms with E-state index in [0.29, 0.717) is 19.2 Å². The number of ether oxygens (including phenoxy) is 1. The number of piperidine rings is 1. The average Bonchev–Trinajstić information content (AvgIpc) is 2.74. The van der Waals surface area contributed by atoms with Crippen molar-refractivity contribution in [3.05, 3.63) is 60.4 Å². The van der Waals surface area contributed by atoms with Gasteiger partial charge in [-0.05, 0) is 37.5 Å². The van der Waals surface area contributed by atoms with Crippen molar-refractivity contribution in [2.75, 3.05) is 32.8 Å². The third kappa shape index (κ3) is 6.85. The van der Waals surface area contributed by atoms with Gasteiger partial charge in [-0.2, -0.15) is 0 Å². The number of nitrogens with zero attached hydrogens (tertiary/aromatic N) is 3. The molecule has 0 atom stereocenters. The number of rotatable bonds is 8. The lowest BCUT2D eigenvalue weighted by Crippen LogP contribution is -2.48. The average molecular weight is 382 g/mol. The number of aliphatic imine (C=N–C) groups is 1. The highest BCUT2D eigenvalue weighted by atomic mass is 16.5. The van der Waals surface area contributed by atoms with Crippen LogP contribution in [0.2, 0.25) is 0 Å². The summed E-state index contributed by atoms with van der Waals surface area (Å²) >= 11 is 0. The van der Waals surface area contributed by atoms with Crippen LogP contribution in [0.4, 0.5) is 0 Å². The quantitative estimate of drug-likeness (QED) is 0.418. The lowest BCUT2D eigenvalue weighted by atomic mass is 10.0. The van der Waals surface area contributed by atoms with Crippen molar-refractivity contribution in [3.8, 4) is 5.75 Å². The summed E-state index contributed by atoms with van der Waals surface area (Å²) < 4.78 is 5.66. The fourth-order valence-electron chi connectivity index (χ4n) is 3.34. The first-order valence-corrected chi connectivity index (χ1v) is 10.2. The Labute approximate surface area is 168 Å². The normalized spacial score (nSPS) is 16.0. The minimum atomic E-state index is 0.462. The van der Waals surface area contributed by atoms with Gasteiger partial charge >= 0.3 is 0 Å². The van der Waals surface area contributed by atoms with Gasteiger partial charge < -0.3 is 15.4 Å². The van der Waals surface area contributed by atoms with Crippen molar-refractivity contribution in [3.63, 3.8) is 0 Å². The van der Waals surface area contributed by atoms with Gasteiger partial charge in [0.15, 0.2) is 5.96 Å². The first-order chi connectivity index (χ1) is 13.8. The van der Waals surface area contributed by atoms with Crippen molar-refractivity contribution in [1.82, 2.24) is 20.5 Å². The maximum atomic E-state index is 5.66. The molecule has 0 radical (unpaired) electrons. The molecule has 0 aliphatic carbocycles. The third-order valence-corrected chi connectivity index (χ3v) is 4.79. The van der Waals surface area contributed by atoms with Crippen LogP contribution in [0.3, 0.4) is 0 Å². The molecule has 0 unspecified atom stereocenters. The molecular formula is C22H31N5O. The highest BCUT2D eigenvalue weighted by Crippen LogP contribution is 2.13. The first kappa shape index (κ1) is 20.1. The molecule has 6 heteroatoms. The van der Waals surface area contributed by atoms with Gasteiger partial charge in [-0.1, -0.05) is 30.3 Å². The number of nitrogens with one attached hydrogen (secondary N) is 2. The van der Waals surface area contributed by atoms with Crippen molar-refractivity contribution in [2.45, 2.75) is 32.4 Å². The van der Waals surface area contributed by atoms with Gasteiger partial charge in [-0.25, -0.2) is 4.99 Å². The molecule has 1 aliphatic rings. The van der Waals surface area contributed by atoms with Crippen molar-refractivity contribution in [2.24, 2.45) is 4.99 Å². The molecule has 0 spiro atoms. The Kier molecular flexibility index (Phi) is 8.12. The minimum Gasteiger partial charge on any atom is -0.490 e. The van der Waals surface area contributed by atoms with Crippen LogP contribution < -0.4 is 15.4 Å². The Morgan fingerprint density at radius 2 is 2.00 bits per heavy atom. The van der Waals surface area contributed by atoms with Crippen molar-refractivity contribution >= 4 is 5.96 Å². The number of guanidine groups is 1. The Balaban J connectivity index is 1.40. The molecule has 1 aromatic heterocycles. The summed E-state index contributed by atoms with van der Waals surface area (Å²) in [5.41, 5.74) is 1.39. The smallest absolute Gasteiger partial charge is 0.191 e. The molecule has 6 nitrogen and oxygen atoms in total. The lowest BCUT2D eigenvalue weighted by molar-refractivity contribution is 0.198. The first-order valence-electron chi connectivity index (χ1n) is 10.2. The summed E-state index contributed by atoms with van der Waals surface area (Å²) in [6.45, 7) is 7.34. The summed E-state index contributed by atoms with van der Waals surface area (Å²) in [6, 6.07) is 14.9. The number of benzene rings is 1. The van der Waals surface area contributed by atoms with E-state index in [1.807, 2.05) is 12.1 Å². The molecule has 0 bridgehead atoms. The number of aromatic nitrogens is 1. The second kappa shape index (κ2) is 11.3. The Bertz CT molecular complexity index is 699. The monoisotopic (exact) mass is 381 g/mol. The highest BCUT2D eigenvalue weighted by molar-refractivity contribution is 5.80. The summed E-state index contributed by atoms with van der Waals surface area (Å²) in [4.78, 5) is 11.2. The predicted molar refractivity (Wildman–Crippen MR) is 114 cm³/mol. The molecule has 2 heterocycles. The molecule has 1 saturated heterocycles. The van der Waals surface area contributed by atoms with Gasteiger partial charge in [0.2, 0.25) is 0 Å². The molecule has 0 saturated carbocycles. The minimum absolute atomic E-state index is 0.462. The summed E-state index contributed by atoms with van der Waals surface area (Å²) in [7, 11) is 0. The van der Waals surface area contributed by atoms with E-state index < -0.39 is 0 Å². The Hall–Kier alpha value is -2.60. The fraction of sp³-hybridized carbons (Fsp3) is 0.455. The second-order valence-corrected chi connectivity index (χ2v) is 6.98. The Morgan fingerprint density at radius 1 is 1.18 bits per heavy atom. The standard InChI is InChI=1S/C22H31N5O/c1-2-24-22(25-13-16-28-21-9-6-12-23-17-21)26-20-10-14-27(15-11-20)18-19-7-4-3-5-8-19/h3-9,12,17,20H,2,10-11,13-16,18H2,1H3,(H2,24,25,26). The Morgan fingerprint density at radius 3 is 2.71 bits per heavy atom. The van der Waals surface area contributed by atoms with Gasteiger partial charge in [0, 0.05) is 38.4 Å². The number of pyridine rings is 1. The molecule has 2 aromatic rings. The van der Waals surface area contributed by atoms with Crippen LogP contribution in [0, 0.1) is 0 Å². The van der Waals surface area contributed by atoms with E-state index in [1.165, 1.54) is 5.56 Å². The summed E-state index contributed by atoms with van der Waals surface area (Å²) in [5.74, 6) is 1.65. The highest BCUT2D eigenvalue weighted by Gasteiger charge is 2.19. The number of hydrogen-bond donors (Lipinski definition) is 2. The van der Waals surface area contributed by atoms with E-state index in [9.17, 15) is 0 Å². The van der Waals surface area contributed by atoms with Crippen molar-refractivity contribution in [1.29, 1.82) is 0 Å². The van der Waals surface area contributed by atoms with E-state index in [2.05, 4.69) is 62.8 Å². The molecule has 2 N–H and O–H groups in total. The molecule has 3 rings (SSSR count). The van der Waals surface area contributed by atoms with Crippen LogP contribution in [0.1, 0.15) is 25.3 Å².